The Hall–Kier alpha value is -2.52. The molecule has 0 aliphatic rings. The maximum Gasteiger partial charge on any atom is 0.280 e. The van der Waals surface area contributed by atoms with Crippen molar-refractivity contribution in [3.63, 3.8) is 0 Å². The van der Waals surface area contributed by atoms with E-state index in [1.807, 2.05) is 0 Å². The predicted octanol–water partition coefficient (Wildman–Crippen LogP) is 4.12. The number of Topliss-reactive ketones (excluding diaryl/α,β-unsaturated/α-hetero) is 1. The average Bonchev–Trinajstić information content (AvgIpc) is 3.09. The molecule has 1 N–H and O–H groups in total. The van der Waals surface area contributed by atoms with Crippen molar-refractivity contribution in [1.82, 2.24) is 15.2 Å². The molecule has 0 aliphatic carbocycles. The second-order valence-corrected chi connectivity index (χ2v) is 6.82. The highest BCUT2D eigenvalue weighted by atomic mass is 79.9. The zero-order chi connectivity index (χ0) is 17.8. The van der Waals surface area contributed by atoms with E-state index < -0.39 is 4.92 Å². The van der Waals surface area contributed by atoms with E-state index in [9.17, 15) is 14.9 Å². The normalized spacial score (nSPS) is 10.6. The number of carbonyl (C=O) groups excluding carboxylic acids is 1. The number of para-hydroxylation sites is 1. The van der Waals surface area contributed by atoms with E-state index in [1.54, 1.807) is 42.5 Å². The minimum absolute atomic E-state index is 0.0467. The van der Waals surface area contributed by atoms with Crippen LogP contribution in [0.3, 0.4) is 0 Å². The smallest absolute Gasteiger partial charge is 0.280 e. The van der Waals surface area contributed by atoms with Gasteiger partial charge in [-0.2, -0.15) is 0 Å². The van der Waals surface area contributed by atoms with Crippen LogP contribution in [0.15, 0.2) is 58.2 Å². The molecular weight excluding hydrogens is 408 g/mol. The largest absolute Gasteiger partial charge is 0.293 e. The number of H-pyrrole nitrogens is 1. The number of hydrogen-bond acceptors (Lipinski definition) is 6. The average molecular weight is 419 g/mol. The first kappa shape index (κ1) is 17.3. The zero-order valence-electron chi connectivity index (χ0n) is 12.7. The van der Waals surface area contributed by atoms with E-state index in [4.69, 9.17) is 0 Å². The van der Waals surface area contributed by atoms with E-state index in [0.29, 0.717) is 22.1 Å². The lowest BCUT2D eigenvalue weighted by Gasteiger charge is -1.99. The van der Waals surface area contributed by atoms with Crippen molar-refractivity contribution in [2.24, 2.45) is 0 Å². The van der Waals surface area contributed by atoms with Gasteiger partial charge >= 0.3 is 0 Å². The molecule has 0 saturated heterocycles. The second kappa shape index (κ2) is 7.58. The highest BCUT2D eigenvalue weighted by Crippen LogP contribution is 2.28. The van der Waals surface area contributed by atoms with Gasteiger partial charge in [-0.3, -0.25) is 20.0 Å². The van der Waals surface area contributed by atoms with Crippen LogP contribution in [0.5, 0.6) is 0 Å². The van der Waals surface area contributed by atoms with Crippen molar-refractivity contribution < 1.29 is 9.72 Å². The molecule has 1 aromatic heterocycles. The number of nitro groups is 1. The summed E-state index contributed by atoms with van der Waals surface area (Å²) in [5, 5.41) is 18.1. The number of aromatic nitrogens is 3. The Morgan fingerprint density at radius 2 is 1.92 bits per heavy atom. The number of nitrogens with zero attached hydrogens (tertiary/aromatic N) is 3. The molecule has 0 atom stereocenters. The number of hydrogen-bond donors (Lipinski definition) is 1. The Balaban J connectivity index is 1.71. The number of nitrogens with one attached hydrogen (secondary N) is 1. The summed E-state index contributed by atoms with van der Waals surface area (Å²) in [5.41, 5.74) is 0.900. The molecule has 0 radical (unpaired) electrons. The van der Waals surface area contributed by atoms with E-state index in [0.717, 1.165) is 4.47 Å². The first-order valence-electron chi connectivity index (χ1n) is 7.12. The lowest BCUT2D eigenvalue weighted by atomic mass is 10.2. The van der Waals surface area contributed by atoms with Crippen LogP contribution in [-0.2, 0) is 0 Å². The van der Waals surface area contributed by atoms with Crippen LogP contribution >= 0.6 is 27.7 Å². The molecule has 0 amide bonds. The lowest BCUT2D eigenvalue weighted by Crippen LogP contribution is -2.02. The van der Waals surface area contributed by atoms with Crippen molar-refractivity contribution in [1.29, 1.82) is 0 Å². The molecule has 0 spiro atoms. The maximum atomic E-state index is 12.2. The fourth-order valence-corrected chi connectivity index (χ4v) is 3.07. The second-order valence-electron chi connectivity index (χ2n) is 4.96. The van der Waals surface area contributed by atoms with Gasteiger partial charge in [0.1, 0.15) is 0 Å². The Labute approximate surface area is 155 Å². The molecule has 3 aromatic rings. The molecule has 0 saturated carbocycles. The fourth-order valence-electron chi connectivity index (χ4n) is 2.11. The summed E-state index contributed by atoms with van der Waals surface area (Å²) in [7, 11) is 0. The summed E-state index contributed by atoms with van der Waals surface area (Å²) in [6, 6.07) is 13.4. The summed E-state index contributed by atoms with van der Waals surface area (Å²) < 4.78 is 0.903. The van der Waals surface area contributed by atoms with Gasteiger partial charge in [0, 0.05) is 16.1 Å². The molecule has 0 bridgehead atoms. The highest BCUT2D eigenvalue weighted by molar-refractivity contribution is 9.10. The summed E-state index contributed by atoms with van der Waals surface area (Å²) >= 11 is 4.50. The molecule has 9 heteroatoms. The number of benzene rings is 2. The number of halogens is 1. The summed E-state index contributed by atoms with van der Waals surface area (Å²) in [4.78, 5) is 27.0. The molecule has 2 aromatic carbocycles. The van der Waals surface area contributed by atoms with Crippen LogP contribution in [0.25, 0.3) is 11.4 Å². The molecule has 7 nitrogen and oxygen atoms in total. The Morgan fingerprint density at radius 1 is 1.20 bits per heavy atom. The number of ketones is 1. The molecule has 0 fully saturated rings. The van der Waals surface area contributed by atoms with Gasteiger partial charge in [-0.15, -0.1) is 5.10 Å². The Bertz CT molecular complexity index is 927. The fraction of sp³-hybridized carbons (Fsp3) is 0.0625. The van der Waals surface area contributed by atoms with Crippen LogP contribution in [-0.4, -0.2) is 31.6 Å². The third-order valence-electron chi connectivity index (χ3n) is 3.32. The van der Waals surface area contributed by atoms with Crippen molar-refractivity contribution in [3.05, 3.63) is 68.7 Å². The minimum atomic E-state index is -0.471. The first-order valence-corrected chi connectivity index (χ1v) is 8.90. The predicted molar refractivity (Wildman–Crippen MR) is 97.7 cm³/mol. The Kier molecular flexibility index (Phi) is 5.25. The number of aromatic amines is 1. The topological polar surface area (TPSA) is 102 Å². The van der Waals surface area contributed by atoms with Gasteiger partial charge in [-0.1, -0.05) is 52.0 Å². The molecular formula is C16H11BrN4O3S. The lowest BCUT2D eigenvalue weighted by molar-refractivity contribution is -0.384. The van der Waals surface area contributed by atoms with Gasteiger partial charge in [-0.05, 0) is 18.2 Å². The summed E-state index contributed by atoms with van der Waals surface area (Å²) in [6.07, 6.45) is 0. The number of rotatable bonds is 6. The molecule has 3 rings (SSSR count). The van der Waals surface area contributed by atoms with Crippen LogP contribution < -0.4 is 0 Å². The summed E-state index contributed by atoms with van der Waals surface area (Å²) in [5.74, 6) is 0.427. The Morgan fingerprint density at radius 3 is 2.64 bits per heavy atom. The van der Waals surface area contributed by atoms with Crippen LogP contribution in [0.4, 0.5) is 5.69 Å². The monoisotopic (exact) mass is 418 g/mol. The highest BCUT2D eigenvalue weighted by Gasteiger charge is 2.18. The van der Waals surface area contributed by atoms with Crippen LogP contribution in [0.2, 0.25) is 0 Å². The quantitative estimate of drug-likeness (QED) is 0.279. The molecule has 0 unspecified atom stereocenters. The van der Waals surface area contributed by atoms with Crippen molar-refractivity contribution >= 4 is 39.2 Å². The van der Waals surface area contributed by atoms with Gasteiger partial charge in [-0.25, -0.2) is 4.98 Å². The number of nitro benzene ring substituents is 1. The van der Waals surface area contributed by atoms with E-state index in [-0.39, 0.29) is 17.2 Å². The van der Waals surface area contributed by atoms with Gasteiger partial charge in [0.25, 0.3) is 5.69 Å². The number of carbonyl (C=O) groups is 1. The maximum absolute atomic E-state index is 12.2. The third kappa shape index (κ3) is 4.12. The number of thioether (sulfide) groups is 1. The SMILES string of the molecule is O=C(CSc1n[nH]c(-c2ccccc2[N+](=O)[O-])n1)c1ccc(Br)cc1. The molecule has 126 valence electrons. The van der Waals surface area contributed by atoms with E-state index >= 15 is 0 Å². The van der Waals surface area contributed by atoms with Crippen molar-refractivity contribution in [2.45, 2.75) is 5.16 Å². The molecule has 0 aliphatic heterocycles. The summed E-state index contributed by atoms with van der Waals surface area (Å²) in [6.45, 7) is 0. The molecule has 1 heterocycles. The van der Waals surface area contributed by atoms with E-state index in [1.165, 1.54) is 17.8 Å². The first-order chi connectivity index (χ1) is 12.0. The van der Waals surface area contributed by atoms with Gasteiger partial charge in [0.2, 0.25) is 5.16 Å². The van der Waals surface area contributed by atoms with Gasteiger partial charge < -0.3 is 0 Å². The minimum Gasteiger partial charge on any atom is -0.293 e. The van der Waals surface area contributed by atoms with Gasteiger partial charge in [0.05, 0.1) is 16.2 Å². The zero-order valence-corrected chi connectivity index (χ0v) is 15.1. The van der Waals surface area contributed by atoms with Crippen LogP contribution in [0, 0.1) is 10.1 Å². The van der Waals surface area contributed by atoms with Crippen molar-refractivity contribution in [3.8, 4) is 11.4 Å². The van der Waals surface area contributed by atoms with E-state index in [2.05, 4.69) is 31.1 Å². The third-order valence-corrected chi connectivity index (χ3v) is 4.70. The molecule has 25 heavy (non-hydrogen) atoms. The standard InChI is InChI=1S/C16H11BrN4O3S/c17-11-7-5-10(6-8-11)14(22)9-25-16-18-15(19-20-16)12-3-1-2-4-13(12)21(23)24/h1-8H,9H2,(H,18,19,20). The van der Waals surface area contributed by atoms with Crippen LogP contribution in [0.1, 0.15) is 10.4 Å². The van der Waals surface area contributed by atoms with Gasteiger partial charge in [0.15, 0.2) is 11.6 Å². The van der Waals surface area contributed by atoms with Crippen molar-refractivity contribution in [2.75, 3.05) is 5.75 Å².